The van der Waals surface area contributed by atoms with Gasteiger partial charge in [-0.25, -0.2) is 9.37 Å². The molecule has 2 unspecified atom stereocenters. The van der Waals surface area contributed by atoms with Crippen LogP contribution in [0.25, 0.3) is 11.3 Å². The number of rotatable bonds is 1. The van der Waals surface area contributed by atoms with E-state index in [-0.39, 0.29) is 22.9 Å². The molecule has 0 amide bonds. The normalized spacial score (nSPS) is 26.7. The van der Waals surface area contributed by atoms with Gasteiger partial charge in [-0.1, -0.05) is 6.92 Å². The Labute approximate surface area is 147 Å². The highest BCUT2D eigenvalue weighted by atomic mass is 19.1. The number of hydrogen-bond donors (Lipinski definition) is 1. The lowest BCUT2D eigenvalue weighted by atomic mass is 9.67. The van der Waals surface area contributed by atoms with Gasteiger partial charge in [0.15, 0.2) is 0 Å². The summed E-state index contributed by atoms with van der Waals surface area (Å²) < 4.78 is 21.0. The van der Waals surface area contributed by atoms with Gasteiger partial charge in [0.1, 0.15) is 5.82 Å². The zero-order chi connectivity index (χ0) is 18.0. The first-order valence-corrected chi connectivity index (χ1v) is 8.77. The lowest BCUT2D eigenvalue weighted by molar-refractivity contribution is 0.0352. The fraction of sp³-hybridized carbons (Fsp3) is 0.500. The number of aryl methyl sites for hydroxylation is 2. The maximum Gasteiger partial charge on any atom is 0.134 e. The Bertz CT molecular complexity index is 864. The van der Waals surface area contributed by atoms with Gasteiger partial charge < -0.3 is 10.1 Å². The van der Waals surface area contributed by atoms with E-state index in [0.29, 0.717) is 11.3 Å². The van der Waals surface area contributed by atoms with Crippen molar-refractivity contribution in [2.45, 2.75) is 58.1 Å². The van der Waals surface area contributed by atoms with Crippen molar-refractivity contribution in [1.82, 2.24) is 9.97 Å². The van der Waals surface area contributed by atoms with Gasteiger partial charge in [-0.3, -0.25) is 4.98 Å². The fourth-order valence-corrected chi connectivity index (χ4v) is 4.52. The molecule has 1 aromatic heterocycles. The van der Waals surface area contributed by atoms with E-state index in [2.05, 4.69) is 36.1 Å². The van der Waals surface area contributed by atoms with E-state index in [1.54, 1.807) is 12.3 Å². The molecule has 0 saturated carbocycles. The van der Waals surface area contributed by atoms with Crippen LogP contribution in [-0.4, -0.2) is 28.2 Å². The van der Waals surface area contributed by atoms with Crippen molar-refractivity contribution in [3.05, 3.63) is 41.1 Å². The van der Waals surface area contributed by atoms with Crippen molar-refractivity contribution in [3.63, 3.8) is 0 Å². The van der Waals surface area contributed by atoms with Crippen molar-refractivity contribution in [2.75, 3.05) is 11.9 Å². The molecule has 0 bridgehead atoms. The summed E-state index contributed by atoms with van der Waals surface area (Å²) >= 11 is 0. The molecular formula is C20H24FN3O. The van der Waals surface area contributed by atoms with Crippen LogP contribution < -0.4 is 5.32 Å². The van der Waals surface area contributed by atoms with Crippen LogP contribution in [0.1, 0.15) is 44.1 Å². The SMILES string of the molecule is Cc1cnc(C)c(-c2cc3c(cc2F)NC(C)(C)C2OCCC32C)n1. The number of benzene rings is 1. The van der Waals surface area contributed by atoms with Gasteiger partial charge in [-0.2, -0.15) is 0 Å². The van der Waals surface area contributed by atoms with Crippen molar-refractivity contribution in [2.24, 2.45) is 0 Å². The molecule has 5 heteroatoms. The summed E-state index contributed by atoms with van der Waals surface area (Å²) in [6.07, 6.45) is 2.69. The second-order valence-corrected chi connectivity index (χ2v) is 8.09. The molecule has 1 saturated heterocycles. The first kappa shape index (κ1) is 16.5. The Kier molecular flexibility index (Phi) is 3.45. The number of fused-ring (bicyclic) bond motifs is 3. The van der Waals surface area contributed by atoms with Crippen LogP contribution in [0.2, 0.25) is 0 Å². The number of ether oxygens (including phenoxy) is 1. The van der Waals surface area contributed by atoms with Gasteiger partial charge in [-0.05, 0) is 51.8 Å². The van der Waals surface area contributed by atoms with Crippen LogP contribution in [-0.2, 0) is 10.2 Å². The van der Waals surface area contributed by atoms with Crippen LogP contribution >= 0.6 is 0 Å². The molecule has 4 rings (SSSR count). The van der Waals surface area contributed by atoms with E-state index in [1.807, 2.05) is 19.9 Å². The minimum absolute atomic E-state index is 0.0514. The smallest absolute Gasteiger partial charge is 0.134 e. The highest BCUT2D eigenvalue weighted by Gasteiger charge is 2.53. The quantitative estimate of drug-likeness (QED) is 0.846. The zero-order valence-corrected chi connectivity index (χ0v) is 15.4. The second kappa shape index (κ2) is 5.24. The van der Waals surface area contributed by atoms with E-state index in [0.717, 1.165) is 35.7 Å². The molecule has 0 spiro atoms. The first-order chi connectivity index (χ1) is 11.7. The summed E-state index contributed by atoms with van der Waals surface area (Å²) in [4.78, 5) is 8.88. The van der Waals surface area contributed by atoms with Crippen LogP contribution in [0.5, 0.6) is 0 Å². The summed E-state index contributed by atoms with van der Waals surface area (Å²) in [5.74, 6) is -0.272. The molecule has 4 nitrogen and oxygen atoms in total. The number of aromatic nitrogens is 2. The average molecular weight is 341 g/mol. The number of hydrogen-bond acceptors (Lipinski definition) is 4. The van der Waals surface area contributed by atoms with E-state index < -0.39 is 0 Å². The summed E-state index contributed by atoms with van der Waals surface area (Å²) in [7, 11) is 0. The van der Waals surface area contributed by atoms with Crippen LogP contribution in [0.4, 0.5) is 10.1 Å². The third kappa shape index (κ3) is 2.36. The lowest BCUT2D eigenvalue weighted by Gasteiger charge is -2.48. The highest BCUT2D eigenvalue weighted by molar-refractivity contribution is 5.71. The summed E-state index contributed by atoms with van der Waals surface area (Å²) in [6, 6.07) is 3.56. The molecule has 0 radical (unpaired) electrons. The molecule has 25 heavy (non-hydrogen) atoms. The van der Waals surface area contributed by atoms with E-state index in [4.69, 9.17) is 4.74 Å². The van der Waals surface area contributed by atoms with Gasteiger partial charge in [0.05, 0.1) is 28.7 Å². The number of nitrogens with zero attached hydrogens (tertiary/aromatic N) is 2. The molecule has 1 aromatic carbocycles. The van der Waals surface area contributed by atoms with Crippen LogP contribution in [0.3, 0.4) is 0 Å². The Morgan fingerprint density at radius 1 is 1.24 bits per heavy atom. The molecule has 3 heterocycles. The molecule has 1 fully saturated rings. The van der Waals surface area contributed by atoms with Crippen molar-refractivity contribution in [3.8, 4) is 11.3 Å². The molecule has 1 N–H and O–H groups in total. The predicted molar refractivity (Wildman–Crippen MR) is 96.3 cm³/mol. The van der Waals surface area contributed by atoms with Gasteiger partial charge in [-0.15, -0.1) is 0 Å². The first-order valence-electron chi connectivity index (χ1n) is 8.77. The van der Waals surface area contributed by atoms with Crippen molar-refractivity contribution < 1.29 is 9.13 Å². The topological polar surface area (TPSA) is 47.0 Å². The third-order valence-corrected chi connectivity index (χ3v) is 5.65. The monoisotopic (exact) mass is 341 g/mol. The number of halogens is 1. The minimum atomic E-state index is -0.272. The standard InChI is InChI=1S/C20H24FN3O/c1-11-10-22-12(2)17(23-11)13-8-14-16(9-15(13)21)24-19(3,4)18-20(14,5)6-7-25-18/h8-10,18,24H,6-7H2,1-5H3. The largest absolute Gasteiger partial charge is 0.377 e. The molecule has 2 aliphatic heterocycles. The summed E-state index contributed by atoms with van der Waals surface area (Å²) in [5.41, 5.74) is 4.22. The third-order valence-electron chi connectivity index (χ3n) is 5.65. The van der Waals surface area contributed by atoms with Crippen LogP contribution in [0, 0.1) is 19.7 Å². The Balaban J connectivity index is 1.94. The Morgan fingerprint density at radius 2 is 2.00 bits per heavy atom. The minimum Gasteiger partial charge on any atom is -0.377 e. The van der Waals surface area contributed by atoms with Crippen LogP contribution in [0.15, 0.2) is 18.3 Å². The molecular weight excluding hydrogens is 317 g/mol. The van der Waals surface area contributed by atoms with E-state index >= 15 is 0 Å². The fourth-order valence-electron chi connectivity index (χ4n) is 4.52. The van der Waals surface area contributed by atoms with Gasteiger partial charge >= 0.3 is 0 Å². The molecule has 2 aliphatic rings. The maximum absolute atomic E-state index is 15.0. The van der Waals surface area contributed by atoms with Crippen molar-refractivity contribution >= 4 is 5.69 Å². The van der Waals surface area contributed by atoms with Gasteiger partial charge in [0.2, 0.25) is 0 Å². The van der Waals surface area contributed by atoms with Gasteiger partial charge in [0.25, 0.3) is 0 Å². The summed E-state index contributed by atoms with van der Waals surface area (Å²) in [5, 5.41) is 3.48. The molecule has 2 atom stereocenters. The van der Waals surface area contributed by atoms with E-state index in [9.17, 15) is 4.39 Å². The second-order valence-electron chi connectivity index (χ2n) is 8.09. The molecule has 2 aromatic rings. The number of nitrogens with one attached hydrogen (secondary N) is 1. The summed E-state index contributed by atoms with van der Waals surface area (Å²) in [6.45, 7) is 10.9. The Morgan fingerprint density at radius 3 is 2.76 bits per heavy atom. The average Bonchev–Trinajstić information content (AvgIpc) is 2.93. The molecule has 132 valence electrons. The lowest BCUT2D eigenvalue weighted by Crippen LogP contribution is -2.56. The predicted octanol–water partition coefficient (Wildman–Crippen LogP) is 4.15. The Hall–Kier alpha value is -2.01. The highest BCUT2D eigenvalue weighted by Crippen LogP contribution is 2.51. The van der Waals surface area contributed by atoms with Gasteiger partial charge in [0, 0.05) is 29.5 Å². The van der Waals surface area contributed by atoms with E-state index in [1.165, 1.54) is 0 Å². The molecule has 0 aliphatic carbocycles. The van der Waals surface area contributed by atoms with Crippen molar-refractivity contribution in [1.29, 1.82) is 0 Å². The zero-order valence-electron chi connectivity index (χ0n) is 15.4. The maximum atomic E-state index is 15.0. The number of anilines is 1.